The summed E-state index contributed by atoms with van der Waals surface area (Å²) in [5.41, 5.74) is -1.20. The molecular weight excluding hydrogens is 348 g/mol. The van der Waals surface area contributed by atoms with E-state index in [0.717, 1.165) is 32.1 Å². The van der Waals surface area contributed by atoms with Gasteiger partial charge in [0.25, 0.3) is 0 Å². The van der Waals surface area contributed by atoms with Crippen LogP contribution in [0.5, 0.6) is 0 Å². The first-order valence-corrected chi connectivity index (χ1v) is 10.3. The summed E-state index contributed by atoms with van der Waals surface area (Å²) in [6.07, 6.45) is 6.34. The normalized spacial score (nSPS) is 31.4. The first-order valence-electron chi connectivity index (χ1n) is 10.3. The predicted octanol–water partition coefficient (Wildman–Crippen LogP) is 1.91. The number of esters is 1. The van der Waals surface area contributed by atoms with Crippen LogP contribution in [0.2, 0.25) is 0 Å². The molecule has 0 saturated carbocycles. The summed E-state index contributed by atoms with van der Waals surface area (Å²) in [5, 5.41) is 13.1. The lowest BCUT2D eigenvalue weighted by atomic mass is 9.92. The molecule has 0 aliphatic carbocycles. The molecule has 27 heavy (non-hydrogen) atoms. The highest BCUT2D eigenvalue weighted by Gasteiger charge is 2.41. The molecule has 2 fully saturated rings. The number of ether oxygens (including phenoxy) is 1. The highest BCUT2D eigenvalue weighted by Crippen LogP contribution is 2.24. The van der Waals surface area contributed by atoms with Crippen molar-refractivity contribution < 1.29 is 24.2 Å². The van der Waals surface area contributed by atoms with Crippen molar-refractivity contribution in [3.63, 3.8) is 0 Å². The number of amides is 2. The number of aliphatic hydroxyl groups is 1. The van der Waals surface area contributed by atoms with Crippen LogP contribution in [0.3, 0.4) is 0 Å². The standard InChI is InChI=1S/C20H34N2O5/c1-3-27-19(26)20(2)13-12-15(23)9-6-4-5-7-11-17(24)22-14-8-10-16(22)18(25)21-20/h15-16,23H,3-14H2,1-2H3,(H,21,25)/t15?,16?,20-/m1/s1. The first-order chi connectivity index (χ1) is 12.9. The van der Waals surface area contributed by atoms with Crippen LogP contribution in [0.25, 0.3) is 0 Å². The van der Waals surface area contributed by atoms with Crippen LogP contribution in [0.15, 0.2) is 0 Å². The second-order valence-electron chi connectivity index (χ2n) is 7.93. The number of carbonyl (C=O) groups is 3. The minimum absolute atomic E-state index is 0.0143. The molecule has 0 bridgehead atoms. The van der Waals surface area contributed by atoms with Crippen molar-refractivity contribution in [1.82, 2.24) is 10.2 Å². The topological polar surface area (TPSA) is 95.9 Å². The van der Waals surface area contributed by atoms with Crippen LogP contribution in [-0.4, -0.2) is 58.6 Å². The van der Waals surface area contributed by atoms with Crippen molar-refractivity contribution in [1.29, 1.82) is 0 Å². The van der Waals surface area contributed by atoms with Gasteiger partial charge in [0.2, 0.25) is 11.8 Å². The molecule has 0 radical (unpaired) electrons. The fourth-order valence-electron chi connectivity index (χ4n) is 3.95. The minimum atomic E-state index is -1.20. The molecule has 154 valence electrons. The van der Waals surface area contributed by atoms with Gasteiger partial charge in [-0.1, -0.05) is 19.3 Å². The number of carbonyl (C=O) groups excluding carboxylic acids is 3. The lowest BCUT2D eigenvalue weighted by Crippen LogP contribution is -2.58. The lowest BCUT2D eigenvalue weighted by Gasteiger charge is -2.32. The van der Waals surface area contributed by atoms with E-state index in [1.807, 2.05) is 0 Å². The Kier molecular flexibility index (Phi) is 8.07. The summed E-state index contributed by atoms with van der Waals surface area (Å²) in [7, 11) is 0. The summed E-state index contributed by atoms with van der Waals surface area (Å²) < 4.78 is 5.17. The number of hydrogen-bond acceptors (Lipinski definition) is 5. The Morgan fingerprint density at radius 1 is 1.19 bits per heavy atom. The van der Waals surface area contributed by atoms with E-state index >= 15 is 0 Å². The first kappa shape index (κ1) is 21.7. The van der Waals surface area contributed by atoms with Crippen LogP contribution in [0, 0.1) is 0 Å². The maximum Gasteiger partial charge on any atom is 0.331 e. The molecule has 2 heterocycles. The fourth-order valence-corrected chi connectivity index (χ4v) is 3.95. The second-order valence-corrected chi connectivity index (χ2v) is 7.93. The van der Waals surface area contributed by atoms with Gasteiger partial charge in [0.1, 0.15) is 11.6 Å². The molecule has 0 spiro atoms. The van der Waals surface area contributed by atoms with Gasteiger partial charge in [0, 0.05) is 13.0 Å². The van der Waals surface area contributed by atoms with Crippen LogP contribution in [0.4, 0.5) is 0 Å². The summed E-state index contributed by atoms with van der Waals surface area (Å²) in [4.78, 5) is 39.6. The molecular formula is C20H34N2O5. The van der Waals surface area contributed by atoms with Crippen molar-refractivity contribution in [3.05, 3.63) is 0 Å². The molecule has 0 aromatic rings. The zero-order valence-electron chi connectivity index (χ0n) is 16.7. The predicted molar refractivity (Wildman–Crippen MR) is 101 cm³/mol. The molecule has 7 nitrogen and oxygen atoms in total. The zero-order valence-corrected chi connectivity index (χ0v) is 16.7. The van der Waals surface area contributed by atoms with Gasteiger partial charge in [-0.25, -0.2) is 4.79 Å². The Morgan fingerprint density at radius 2 is 1.93 bits per heavy atom. The molecule has 7 heteroatoms. The Balaban J connectivity index is 2.19. The second kappa shape index (κ2) is 10.1. The van der Waals surface area contributed by atoms with Crippen LogP contribution >= 0.6 is 0 Å². The van der Waals surface area contributed by atoms with E-state index in [1.54, 1.807) is 18.7 Å². The fraction of sp³-hybridized carbons (Fsp3) is 0.850. The van der Waals surface area contributed by atoms with Crippen molar-refractivity contribution in [2.45, 2.75) is 95.7 Å². The van der Waals surface area contributed by atoms with Gasteiger partial charge in [0.05, 0.1) is 12.7 Å². The van der Waals surface area contributed by atoms with Crippen LogP contribution in [-0.2, 0) is 19.1 Å². The average molecular weight is 383 g/mol. The molecule has 2 amide bonds. The van der Waals surface area contributed by atoms with Crippen LogP contribution < -0.4 is 5.32 Å². The van der Waals surface area contributed by atoms with E-state index in [1.165, 1.54) is 0 Å². The summed E-state index contributed by atoms with van der Waals surface area (Å²) in [6, 6.07) is -0.527. The highest BCUT2D eigenvalue weighted by atomic mass is 16.5. The SMILES string of the molecule is CCOC(=O)[C@@]1(C)CCC(O)CCCCCCC(=O)N2CCCC2C(=O)N1. The van der Waals surface area contributed by atoms with E-state index in [0.29, 0.717) is 38.6 Å². The molecule has 2 rings (SSSR count). The van der Waals surface area contributed by atoms with E-state index < -0.39 is 23.7 Å². The van der Waals surface area contributed by atoms with Gasteiger partial charge in [-0.05, 0) is 52.4 Å². The molecule has 0 aromatic heterocycles. The van der Waals surface area contributed by atoms with E-state index in [2.05, 4.69) is 5.32 Å². The molecule has 2 unspecified atom stereocenters. The molecule has 2 saturated heterocycles. The third-order valence-electron chi connectivity index (χ3n) is 5.66. The maximum atomic E-state index is 12.9. The summed E-state index contributed by atoms with van der Waals surface area (Å²) in [6.45, 7) is 4.18. The third kappa shape index (κ3) is 5.92. The highest BCUT2D eigenvalue weighted by molar-refractivity contribution is 5.92. The number of nitrogens with zero attached hydrogens (tertiary/aromatic N) is 1. The van der Waals surface area contributed by atoms with Crippen molar-refractivity contribution in [3.8, 4) is 0 Å². The van der Waals surface area contributed by atoms with Crippen molar-refractivity contribution >= 4 is 17.8 Å². The largest absolute Gasteiger partial charge is 0.464 e. The van der Waals surface area contributed by atoms with Gasteiger partial charge in [-0.2, -0.15) is 0 Å². The maximum absolute atomic E-state index is 12.9. The van der Waals surface area contributed by atoms with E-state index in [9.17, 15) is 19.5 Å². The van der Waals surface area contributed by atoms with Crippen LogP contribution in [0.1, 0.15) is 78.1 Å². The van der Waals surface area contributed by atoms with E-state index in [4.69, 9.17) is 4.74 Å². The Hall–Kier alpha value is -1.63. The number of fused-ring (bicyclic) bond motifs is 1. The number of hydrogen-bond donors (Lipinski definition) is 2. The Bertz CT molecular complexity index is 538. The van der Waals surface area contributed by atoms with Crippen molar-refractivity contribution in [2.24, 2.45) is 0 Å². The van der Waals surface area contributed by atoms with Gasteiger partial charge >= 0.3 is 5.97 Å². The number of aliphatic hydroxyl groups excluding tert-OH is 1. The molecule has 2 aliphatic heterocycles. The van der Waals surface area contributed by atoms with Crippen molar-refractivity contribution in [2.75, 3.05) is 13.2 Å². The Morgan fingerprint density at radius 3 is 2.67 bits per heavy atom. The zero-order chi connectivity index (χ0) is 19.9. The Labute approximate surface area is 161 Å². The third-order valence-corrected chi connectivity index (χ3v) is 5.66. The molecule has 2 aliphatic rings. The smallest absolute Gasteiger partial charge is 0.331 e. The summed E-state index contributed by atoms with van der Waals surface area (Å²) in [5.74, 6) is -0.785. The van der Waals surface area contributed by atoms with Gasteiger partial charge in [-0.15, -0.1) is 0 Å². The molecule has 2 N–H and O–H groups in total. The minimum Gasteiger partial charge on any atom is -0.464 e. The molecule has 3 atom stereocenters. The van der Waals surface area contributed by atoms with E-state index in [-0.39, 0.29) is 18.4 Å². The molecule has 0 aromatic carbocycles. The van der Waals surface area contributed by atoms with Gasteiger partial charge < -0.3 is 20.1 Å². The number of nitrogens with one attached hydrogen (secondary N) is 1. The summed E-state index contributed by atoms with van der Waals surface area (Å²) >= 11 is 0. The quantitative estimate of drug-likeness (QED) is 0.711. The monoisotopic (exact) mass is 382 g/mol. The van der Waals surface area contributed by atoms with Gasteiger partial charge in [-0.3, -0.25) is 9.59 Å². The average Bonchev–Trinajstić information content (AvgIpc) is 3.12. The van der Waals surface area contributed by atoms with Gasteiger partial charge in [0.15, 0.2) is 0 Å². The number of rotatable bonds is 2. The lowest BCUT2D eigenvalue weighted by molar-refractivity contribution is -0.154.